The first-order valence-electron chi connectivity index (χ1n) is 2.10. The zero-order valence-corrected chi connectivity index (χ0v) is 6.22. The molecule has 0 aliphatic carbocycles. The third-order valence-electron chi connectivity index (χ3n) is 0.684. The molecule has 0 aromatic carbocycles. The minimum atomic E-state index is -5.44. The summed E-state index contributed by atoms with van der Waals surface area (Å²) in [5.41, 5.74) is 0. The fourth-order valence-corrected chi connectivity index (χ4v) is 0.710. The zero-order valence-electron chi connectivity index (χ0n) is 4.63. The Bertz CT molecular complexity index is 113. The van der Waals surface area contributed by atoms with Gasteiger partial charge in [0.25, 0.3) is 6.10 Å². The van der Waals surface area contributed by atoms with Crippen molar-refractivity contribution in [1.29, 1.82) is 0 Å². The normalized spacial score (nSPS) is 14.2. The largest absolute Gasteiger partial charge is 0.424 e. The third-order valence-corrected chi connectivity index (χ3v) is 1.06. The first-order valence-corrected chi connectivity index (χ1v) is 2.75. The Balaban J connectivity index is 4.43. The minimum absolute atomic E-state index is 1.65. The van der Waals surface area contributed by atoms with Crippen molar-refractivity contribution in [1.82, 2.24) is 0 Å². The molecule has 0 aromatic rings. The smallest absolute Gasteiger partial charge is 0.285 e. The van der Waals surface area contributed by atoms with E-state index in [9.17, 15) is 26.3 Å². The monoisotopic (exact) mass is 246 g/mol. The Morgan fingerprint density at radius 2 is 1.18 bits per heavy atom. The van der Waals surface area contributed by atoms with Crippen molar-refractivity contribution in [3.05, 3.63) is 0 Å². The summed E-state index contributed by atoms with van der Waals surface area (Å²) in [5.74, 6) is 0. The van der Waals surface area contributed by atoms with Crippen LogP contribution in [0.3, 0.4) is 0 Å². The van der Waals surface area contributed by atoms with E-state index in [1.807, 2.05) is 0 Å². The first kappa shape index (κ1) is 11.0. The molecule has 0 saturated heterocycles. The molecule has 0 amide bonds. The van der Waals surface area contributed by atoms with Crippen molar-refractivity contribution >= 4 is 16.3 Å². The molecule has 0 spiro atoms. The van der Waals surface area contributed by atoms with E-state index in [-0.39, 0.29) is 0 Å². The van der Waals surface area contributed by atoms with E-state index in [4.69, 9.17) is 0 Å². The van der Waals surface area contributed by atoms with Crippen LogP contribution in [0.15, 0.2) is 0 Å². The molecule has 0 atom stereocenters. The second-order valence-electron chi connectivity index (χ2n) is 1.55. The zero-order chi connectivity index (χ0) is 9.28. The summed E-state index contributed by atoms with van der Waals surface area (Å²) in [6.45, 7) is 0. The second kappa shape index (κ2) is 3.18. The summed E-state index contributed by atoms with van der Waals surface area (Å²) < 4.78 is 71.1. The lowest BCUT2D eigenvalue weighted by atomic mass is 10.3. The Morgan fingerprint density at radius 3 is 1.18 bits per heavy atom. The highest BCUT2D eigenvalue weighted by atomic mass is 79.9. The molecule has 0 saturated carbocycles. The van der Waals surface area contributed by atoms with Gasteiger partial charge >= 0.3 is 12.4 Å². The second-order valence-corrected chi connectivity index (χ2v) is 1.93. The van der Waals surface area contributed by atoms with E-state index in [0.717, 1.165) is 0 Å². The summed E-state index contributed by atoms with van der Waals surface area (Å²) >= 11 is 1.65. The number of alkyl halides is 6. The van der Waals surface area contributed by atoms with Gasteiger partial charge in [0.2, 0.25) is 0 Å². The van der Waals surface area contributed by atoms with Crippen LogP contribution in [0.4, 0.5) is 26.3 Å². The molecule has 0 aliphatic rings. The average molecular weight is 247 g/mol. The molecular formula is C3HBrF6O. The molecule has 0 rings (SSSR count). The molecule has 0 bridgehead atoms. The molecule has 68 valence electrons. The standard InChI is InChI=1S/C3HBrF6O/c4-11-1(2(5,6)7)3(8,9)10/h1H. The number of rotatable bonds is 1. The molecule has 0 radical (unpaired) electrons. The fraction of sp³-hybridized carbons (Fsp3) is 1.00. The molecule has 0 aromatic heterocycles. The number of hydrogen-bond donors (Lipinski definition) is 0. The summed E-state index contributed by atoms with van der Waals surface area (Å²) in [4.78, 5) is 0. The lowest BCUT2D eigenvalue weighted by Gasteiger charge is -2.19. The Hall–Kier alpha value is 0.0200. The highest BCUT2D eigenvalue weighted by Gasteiger charge is 2.58. The predicted octanol–water partition coefficient (Wildman–Crippen LogP) is 2.81. The lowest BCUT2D eigenvalue weighted by Crippen LogP contribution is -2.42. The maximum absolute atomic E-state index is 11.3. The maximum Gasteiger partial charge on any atom is 0.424 e. The van der Waals surface area contributed by atoms with Gasteiger partial charge in [-0.3, -0.25) is 3.83 Å². The van der Waals surface area contributed by atoms with Gasteiger partial charge in [0.15, 0.2) is 0 Å². The van der Waals surface area contributed by atoms with Gasteiger partial charge in [-0.2, -0.15) is 26.3 Å². The quantitative estimate of drug-likeness (QED) is 0.647. The van der Waals surface area contributed by atoms with E-state index in [1.165, 1.54) is 0 Å². The molecule has 11 heavy (non-hydrogen) atoms. The van der Waals surface area contributed by atoms with Crippen LogP contribution in [0.25, 0.3) is 0 Å². The molecular weight excluding hydrogens is 246 g/mol. The first-order chi connectivity index (χ1) is 4.69. The van der Waals surface area contributed by atoms with Gasteiger partial charge in [-0.1, -0.05) is 0 Å². The molecule has 0 N–H and O–H groups in total. The van der Waals surface area contributed by atoms with E-state index in [0.29, 0.717) is 0 Å². The Labute approximate surface area is 65.8 Å². The van der Waals surface area contributed by atoms with Crippen LogP contribution in [0.2, 0.25) is 0 Å². The van der Waals surface area contributed by atoms with Gasteiger partial charge in [-0.25, -0.2) is 0 Å². The lowest BCUT2D eigenvalue weighted by molar-refractivity contribution is -0.295. The van der Waals surface area contributed by atoms with Gasteiger partial charge in [-0.15, -0.1) is 0 Å². The summed E-state index contributed by atoms with van der Waals surface area (Å²) in [7, 11) is 0. The van der Waals surface area contributed by atoms with Crippen molar-refractivity contribution < 1.29 is 30.2 Å². The molecule has 0 heterocycles. The van der Waals surface area contributed by atoms with Gasteiger partial charge in [0.05, 0.1) is 16.3 Å². The van der Waals surface area contributed by atoms with E-state index >= 15 is 0 Å². The summed E-state index contributed by atoms with van der Waals surface area (Å²) in [5, 5.41) is 0. The van der Waals surface area contributed by atoms with Crippen molar-refractivity contribution in [2.75, 3.05) is 0 Å². The predicted molar refractivity (Wildman–Crippen MR) is 25.9 cm³/mol. The number of halogens is 7. The van der Waals surface area contributed by atoms with Gasteiger partial charge < -0.3 is 0 Å². The molecule has 0 aliphatic heterocycles. The SMILES string of the molecule is FC(F)(F)C(OBr)C(F)(F)F. The minimum Gasteiger partial charge on any atom is -0.285 e. The third kappa shape index (κ3) is 3.28. The van der Waals surface area contributed by atoms with Crippen molar-refractivity contribution in [2.45, 2.75) is 18.5 Å². The molecule has 0 fully saturated rings. The Kier molecular flexibility index (Phi) is 3.18. The van der Waals surface area contributed by atoms with Crippen LogP contribution in [0.5, 0.6) is 0 Å². The van der Waals surface area contributed by atoms with Crippen LogP contribution in [0.1, 0.15) is 0 Å². The van der Waals surface area contributed by atoms with Crippen molar-refractivity contribution in [3.8, 4) is 0 Å². The van der Waals surface area contributed by atoms with Crippen LogP contribution in [0, 0.1) is 0 Å². The Morgan fingerprint density at radius 1 is 0.909 bits per heavy atom. The molecule has 1 nitrogen and oxygen atoms in total. The summed E-state index contributed by atoms with van der Waals surface area (Å²) in [6, 6.07) is 0. The van der Waals surface area contributed by atoms with Crippen LogP contribution >= 0.6 is 16.3 Å². The highest BCUT2D eigenvalue weighted by molar-refractivity contribution is 9.06. The topological polar surface area (TPSA) is 9.23 Å². The van der Waals surface area contributed by atoms with Crippen LogP contribution in [-0.4, -0.2) is 18.5 Å². The molecule has 0 unspecified atom stereocenters. The molecule has 8 heteroatoms. The van der Waals surface area contributed by atoms with Crippen molar-refractivity contribution in [2.24, 2.45) is 0 Å². The maximum atomic E-state index is 11.3. The van der Waals surface area contributed by atoms with Crippen LogP contribution in [-0.2, 0) is 3.83 Å². The van der Waals surface area contributed by atoms with Gasteiger partial charge in [0.1, 0.15) is 0 Å². The van der Waals surface area contributed by atoms with Crippen LogP contribution < -0.4 is 0 Å². The number of hydrogen-bond acceptors (Lipinski definition) is 1. The summed E-state index contributed by atoms with van der Waals surface area (Å²) in [6.07, 6.45) is -14.7. The van der Waals surface area contributed by atoms with E-state index in [1.54, 1.807) is 16.3 Å². The van der Waals surface area contributed by atoms with E-state index in [2.05, 4.69) is 3.83 Å². The van der Waals surface area contributed by atoms with Crippen molar-refractivity contribution in [3.63, 3.8) is 0 Å². The highest BCUT2D eigenvalue weighted by Crippen LogP contribution is 2.36. The van der Waals surface area contributed by atoms with Gasteiger partial charge in [0, 0.05) is 0 Å². The van der Waals surface area contributed by atoms with Gasteiger partial charge in [-0.05, 0) is 0 Å². The van der Waals surface area contributed by atoms with E-state index < -0.39 is 18.5 Å². The fourth-order valence-electron chi connectivity index (χ4n) is 0.287. The average Bonchev–Trinajstić information content (AvgIpc) is 1.56.